The van der Waals surface area contributed by atoms with E-state index in [1.54, 1.807) is 0 Å². The standard InChI is InChI=1S/Ba.H2O4S.H2O.Pd.2H/c;1-5(2,3)4;;;;/h;(H2,1,2,3,4);1H2;;;/q+2;;;;2*-1. The van der Waals surface area contributed by atoms with Gasteiger partial charge in [0.15, 0.2) is 0 Å². The van der Waals surface area contributed by atoms with Crippen molar-refractivity contribution < 1.29 is 46.3 Å². The molecule has 0 unspecified atom stereocenters. The molecule has 8 heavy (non-hydrogen) atoms. The zero-order chi connectivity index (χ0) is 4.50. The molecule has 0 rings (SSSR count). The molecule has 54 valence electrons. The summed E-state index contributed by atoms with van der Waals surface area (Å²) < 4.78 is 31.6. The van der Waals surface area contributed by atoms with Gasteiger partial charge in [-0.1, -0.05) is 0 Å². The predicted octanol–water partition coefficient (Wildman–Crippen LogP) is -1.64. The molecule has 0 bridgehead atoms. The van der Waals surface area contributed by atoms with Gasteiger partial charge < -0.3 is 8.33 Å². The molecule has 0 heterocycles. The van der Waals surface area contributed by atoms with Gasteiger partial charge in [0.05, 0.1) is 0 Å². The molecular formula is H6BaO5PdS. The van der Waals surface area contributed by atoms with Crippen molar-refractivity contribution in [2.75, 3.05) is 0 Å². The van der Waals surface area contributed by atoms with E-state index in [0.29, 0.717) is 0 Å². The van der Waals surface area contributed by atoms with Gasteiger partial charge in [0.25, 0.3) is 0 Å². The second-order valence-electron chi connectivity index (χ2n) is 0.448. The fraction of sp³-hybridized carbons (Fsp3) is 0. The average molecular weight is 362 g/mol. The zero-order valence-electron chi connectivity index (χ0n) is 5.64. The van der Waals surface area contributed by atoms with E-state index in [1.807, 2.05) is 0 Å². The quantitative estimate of drug-likeness (QED) is 0.399. The van der Waals surface area contributed by atoms with E-state index >= 15 is 0 Å². The molecule has 0 aromatic heterocycles. The summed E-state index contributed by atoms with van der Waals surface area (Å²) in [6, 6.07) is 0. The number of hydrogen-bond acceptors (Lipinski definition) is 2. The molecule has 0 fully saturated rings. The van der Waals surface area contributed by atoms with Crippen molar-refractivity contribution in [2.24, 2.45) is 0 Å². The van der Waals surface area contributed by atoms with Gasteiger partial charge in [-0.25, -0.2) is 0 Å². The molecule has 5 nitrogen and oxygen atoms in total. The van der Waals surface area contributed by atoms with Crippen LogP contribution in [0.25, 0.3) is 0 Å². The average Bonchev–Trinajstić information content (AvgIpc) is 0.722. The Kier molecular flexibility index (Phi) is 25.5. The minimum atomic E-state index is -4.67. The Morgan fingerprint density at radius 2 is 1.25 bits per heavy atom. The van der Waals surface area contributed by atoms with Crippen LogP contribution in [0.1, 0.15) is 2.85 Å². The first-order valence-electron chi connectivity index (χ1n) is 0.698. The maximum atomic E-state index is 8.74. The van der Waals surface area contributed by atoms with Gasteiger partial charge in [-0.05, 0) is 0 Å². The molecule has 0 amide bonds. The van der Waals surface area contributed by atoms with E-state index < -0.39 is 10.4 Å². The van der Waals surface area contributed by atoms with E-state index in [9.17, 15) is 0 Å². The van der Waals surface area contributed by atoms with Gasteiger partial charge in [0, 0.05) is 20.4 Å². The second kappa shape index (κ2) is 9.06. The van der Waals surface area contributed by atoms with Crippen LogP contribution in [0.2, 0.25) is 0 Å². The van der Waals surface area contributed by atoms with Crippen molar-refractivity contribution in [3.8, 4) is 0 Å². The third kappa shape index (κ3) is 94.5. The largest absolute Gasteiger partial charge is 2.00 e. The summed E-state index contributed by atoms with van der Waals surface area (Å²) >= 11 is 0. The molecule has 0 spiro atoms. The van der Waals surface area contributed by atoms with Crippen LogP contribution in [-0.2, 0) is 30.8 Å². The summed E-state index contributed by atoms with van der Waals surface area (Å²) in [4.78, 5) is 0. The fourth-order valence-electron chi connectivity index (χ4n) is 0. The van der Waals surface area contributed by atoms with Gasteiger partial charge in [-0.2, -0.15) is 8.42 Å². The maximum Gasteiger partial charge on any atom is 2.00 e. The Bertz CT molecular complexity index is 103. The molecule has 0 radical (unpaired) electrons. The van der Waals surface area contributed by atoms with Gasteiger partial charge in [0.1, 0.15) is 0 Å². The van der Waals surface area contributed by atoms with Crippen molar-refractivity contribution >= 4 is 59.3 Å². The van der Waals surface area contributed by atoms with E-state index in [1.165, 1.54) is 0 Å². The summed E-state index contributed by atoms with van der Waals surface area (Å²) in [5.41, 5.74) is 0. The monoisotopic (exact) mass is 362 g/mol. The SMILES string of the molecule is O.O=S(=O)(O)O.[Ba+2].[H-].[H-].[Pd]. The zero-order valence-corrected chi connectivity index (χ0v) is 10.5. The van der Waals surface area contributed by atoms with Crippen LogP contribution in [0.4, 0.5) is 0 Å². The smallest absolute Gasteiger partial charge is 1.00 e. The van der Waals surface area contributed by atoms with Gasteiger partial charge in [0.2, 0.25) is 0 Å². The van der Waals surface area contributed by atoms with Crippen LogP contribution in [0.5, 0.6) is 0 Å². The summed E-state index contributed by atoms with van der Waals surface area (Å²) in [5, 5.41) is 0. The predicted molar refractivity (Wildman–Crippen MR) is 25.8 cm³/mol. The molecule has 0 aliphatic heterocycles. The molecule has 0 saturated heterocycles. The van der Waals surface area contributed by atoms with Crippen molar-refractivity contribution in [1.29, 1.82) is 0 Å². The third-order valence-corrected chi connectivity index (χ3v) is 0. The Morgan fingerprint density at radius 1 is 1.25 bits per heavy atom. The van der Waals surface area contributed by atoms with Crippen LogP contribution in [0.15, 0.2) is 0 Å². The molecule has 8 heteroatoms. The van der Waals surface area contributed by atoms with Gasteiger partial charge in [-0.15, -0.1) is 0 Å². The Labute approximate surface area is 104 Å². The van der Waals surface area contributed by atoms with Crippen LogP contribution >= 0.6 is 0 Å². The Morgan fingerprint density at radius 3 is 1.25 bits per heavy atom. The minimum Gasteiger partial charge on any atom is -1.00 e. The van der Waals surface area contributed by atoms with Gasteiger partial charge in [-0.3, -0.25) is 9.11 Å². The fourth-order valence-corrected chi connectivity index (χ4v) is 0. The van der Waals surface area contributed by atoms with Crippen LogP contribution in [-0.4, -0.2) is 71.9 Å². The molecule has 0 aliphatic carbocycles. The summed E-state index contributed by atoms with van der Waals surface area (Å²) in [6.07, 6.45) is 0. The summed E-state index contributed by atoms with van der Waals surface area (Å²) in [5.74, 6) is 0. The van der Waals surface area contributed by atoms with Gasteiger partial charge >= 0.3 is 59.3 Å². The number of hydrogen-bond donors (Lipinski definition) is 2. The number of rotatable bonds is 0. The van der Waals surface area contributed by atoms with Crippen molar-refractivity contribution in [3.63, 3.8) is 0 Å². The Balaban J connectivity index is -0.00000000800. The van der Waals surface area contributed by atoms with Crippen LogP contribution in [0.3, 0.4) is 0 Å². The summed E-state index contributed by atoms with van der Waals surface area (Å²) in [6.45, 7) is 0. The molecule has 0 aromatic rings. The molecule has 4 N–H and O–H groups in total. The van der Waals surface area contributed by atoms with E-state index in [2.05, 4.69) is 0 Å². The molecule has 0 aliphatic rings. The van der Waals surface area contributed by atoms with Crippen molar-refractivity contribution in [2.45, 2.75) is 0 Å². The van der Waals surface area contributed by atoms with Crippen molar-refractivity contribution in [3.05, 3.63) is 0 Å². The maximum absolute atomic E-state index is 8.74. The van der Waals surface area contributed by atoms with Crippen molar-refractivity contribution in [1.82, 2.24) is 0 Å². The first-order chi connectivity index (χ1) is 2.00. The summed E-state index contributed by atoms with van der Waals surface area (Å²) in [7, 11) is -4.67. The Hall–Kier alpha value is 2.06. The van der Waals surface area contributed by atoms with E-state index in [4.69, 9.17) is 17.5 Å². The topological polar surface area (TPSA) is 106 Å². The van der Waals surface area contributed by atoms with Crippen LogP contribution < -0.4 is 0 Å². The molecule has 0 aromatic carbocycles. The first kappa shape index (κ1) is 22.5. The first-order valence-corrected chi connectivity index (χ1v) is 2.10. The molecule has 0 saturated carbocycles. The minimum absolute atomic E-state index is 0. The normalized spacial score (nSPS) is 7.25. The van der Waals surface area contributed by atoms with E-state index in [-0.39, 0.29) is 77.6 Å². The molecular weight excluding hydrogens is 356 g/mol. The van der Waals surface area contributed by atoms with E-state index in [0.717, 1.165) is 0 Å². The van der Waals surface area contributed by atoms with Crippen LogP contribution in [0, 0.1) is 0 Å². The second-order valence-corrected chi connectivity index (χ2v) is 1.34. The molecule has 0 atom stereocenters. The third-order valence-electron chi connectivity index (χ3n) is 0.